The molecule has 3 N–H and O–H groups in total. The Morgan fingerprint density at radius 1 is 1.14 bits per heavy atom. The molecule has 8 heteroatoms. The molecule has 2 aliphatic rings. The summed E-state index contributed by atoms with van der Waals surface area (Å²) in [5.74, 6) is 0.761. The van der Waals surface area contributed by atoms with E-state index in [9.17, 15) is 9.59 Å². The predicted octanol–water partition coefficient (Wildman–Crippen LogP) is 2.13. The number of morpholine rings is 1. The van der Waals surface area contributed by atoms with Crippen molar-refractivity contribution in [3.8, 4) is 0 Å². The minimum atomic E-state index is -0.332. The summed E-state index contributed by atoms with van der Waals surface area (Å²) in [5, 5.41) is 8.61. The number of amides is 3. The zero-order chi connectivity index (χ0) is 20.1. The van der Waals surface area contributed by atoms with Crippen molar-refractivity contribution in [3.63, 3.8) is 0 Å². The van der Waals surface area contributed by atoms with Gasteiger partial charge >= 0.3 is 6.03 Å². The van der Waals surface area contributed by atoms with E-state index in [2.05, 4.69) is 25.8 Å². The number of aromatic nitrogens is 1. The van der Waals surface area contributed by atoms with E-state index in [1.165, 1.54) is 0 Å². The Morgan fingerprint density at radius 3 is 2.76 bits per heavy atom. The summed E-state index contributed by atoms with van der Waals surface area (Å²) in [4.78, 5) is 31.2. The first-order valence-electron chi connectivity index (χ1n) is 9.91. The number of rotatable bonds is 6. The van der Waals surface area contributed by atoms with Crippen LogP contribution in [0.5, 0.6) is 0 Å². The van der Waals surface area contributed by atoms with Gasteiger partial charge in [-0.05, 0) is 37.1 Å². The summed E-state index contributed by atoms with van der Waals surface area (Å²) in [5.41, 5.74) is 2.06. The van der Waals surface area contributed by atoms with Gasteiger partial charge in [-0.25, -0.2) is 9.78 Å². The average molecular weight is 395 g/mol. The number of nitrogens with zero attached hydrogens (tertiary/aromatic N) is 2. The van der Waals surface area contributed by atoms with Crippen LogP contribution in [0.25, 0.3) is 0 Å². The van der Waals surface area contributed by atoms with E-state index in [0.29, 0.717) is 37.1 Å². The van der Waals surface area contributed by atoms with E-state index in [4.69, 9.17) is 4.74 Å². The summed E-state index contributed by atoms with van der Waals surface area (Å²) in [6.45, 7) is 3.27. The van der Waals surface area contributed by atoms with Crippen LogP contribution in [0.4, 0.5) is 16.3 Å². The largest absolute Gasteiger partial charge is 0.378 e. The molecule has 8 nitrogen and oxygen atoms in total. The van der Waals surface area contributed by atoms with Crippen LogP contribution in [0.1, 0.15) is 28.8 Å². The van der Waals surface area contributed by atoms with Crippen molar-refractivity contribution in [3.05, 3.63) is 53.7 Å². The highest BCUT2D eigenvalue weighted by Crippen LogP contribution is 2.20. The van der Waals surface area contributed by atoms with Gasteiger partial charge in [-0.15, -0.1) is 0 Å². The molecule has 3 amide bonds. The van der Waals surface area contributed by atoms with Crippen LogP contribution in [-0.4, -0.2) is 49.3 Å². The fraction of sp³-hybridized carbons (Fsp3) is 0.381. The second kappa shape index (κ2) is 8.91. The van der Waals surface area contributed by atoms with Crippen molar-refractivity contribution >= 4 is 23.4 Å². The number of benzene rings is 1. The third kappa shape index (κ3) is 5.23. The number of urea groups is 1. The van der Waals surface area contributed by atoms with Gasteiger partial charge < -0.3 is 25.6 Å². The zero-order valence-corrected chi connectivity index (χ0v) is 16.2. The van der Waals surface area contributed by atoms with Gasteiger partial charge in [-0.3, -0.25) is 4.79 Å². The van der Waals surface area contributed by atoms with Gasteiger partial charge in [0.15, 0.2) is 0 Å². The monoisotopic (exact) mass is 395 g/mol. The van der Waals surface area contributed by atoms with E-state index in [-0.39, 0.29) is 11.9 Å². The highest BCUT2D eigenvalue weighted by molar-refractivity contribution is 5.97. The topological polar surface area (TPSA) is 95.6 Å². The number of carbonyl (C=O) groups is 2. The molecule has 1 aliphatic heterocycles. The Hall–Kier alpha value is -3.13. The number of carbonyl (C=O) groups excluding carboxylic acids is 2. The molecule has 152 valence electrons. The highest BCUT2D eigenvalue weighted by atomic mass is 16.5. The quantitative estimate of drug-likeness (QED) is 0.696. The van der Waals surface area contributed by atoms with E-state index in [1.807, 2.05) is 12.1 Å². The molecule has 1 aromatic carbocycles. The number of hydrogen-bond donors (Lipinski definition) is 3. The first kappa shape index (κ1) is 19.2. The maximum absolute atomic E-state index is 12.4. The van der Waals surface area contributed by atoms with Crippen LogP contribution in [0.15, 0.2) is 42.6 Å². The Morgan fingerprint density at radius 2 is 1.97 bits per heavy atom. The molecule has 1 saturated heterocycles. The van der Waals surface area contributed by atoms with Crippen molar-refractivity contribution in [2.75, 3.05) is 36.5 Å². The summed E-state index contributed by atoms with van der Waals surface area (Å²) in [6.07, 6.45) is 3.83. The molecule has 2 fully saturated rings. The number of hydrogen-bond acceptors (Lipinski definition) is 5. The Bertz CT molecular complexity index is 878. The van der Waals surface area contributed by atoms with Gasteiger partial charge in [0.25, 0.3) is 5.91 Å². The lowest BCUT2D eigenvalue weighted by molar-refractivity contribution is 0.0951. The molecule has 1 aromatic heterocycles. The van der Waals surface area contributed by atoms with E-state index in [0.717, 1.165) is 37.3 Å². The standard InChI is InChI=1S/C21H25N5O3/c27-20(24-17-6-7-17)15-3-1-5-18(13-15)25-21(28)23-14-16-4-2-8-22-19(16)26-9-11-29-12-10-26/h1-5,8,13,17H,6-7,9-12,14H2,(H,24,27)(H2,23,25,28). The second-order valence-electron chi connectivity index (χ2n) is 7.22. The fourth-order valence-electron chi connectivity index (χ4n) is 3.21. The number of pyridine rings is 1. The normalized spacial score (nSPS) is 16.2. The molecule has 1 saturated carbocycles. The van der Waals surface area contributed by atoms with Crippen molar-refractivity contribution in [2.24, 2.45) is 0 Å². The van der Waals surface area contributed by atoms with Gasteiger partial charge in [0, 0.05) is 48.7 Å². The molecule has 2 heterocycles. The molecule has 1 aliphatic carbocycles. The van der Waals surface area contributed by atoms with E-state index >= 15 is 0 Å². The van der Waals surface area contributed by atoms with Gasteiger partial charge in [0.05, 0.1) is 13.2 Å². The van der Waals surface area contributed by atoms with E-state index < -0.39 is 0 Å². The molecule has 0 bridgehead atoms. The molecule has 4 rings (SSSR count). The average Bonchev–Trinajstić information content (AvgIpc) is 3.57. The molecular formula is C21H25N5O3. The Labute approximate surface area is 169 Å². The molecule has 0 atom stereocenters. The molecule has 0 spiro atoms. The zero-order valence-electron chi connectivity index (χ0n) is 16.2. The molecule has 29 heavy (non-hydrogen) atoms. The van der Waals surface area contributed by atoms with Crippen molar-refractivity contribution in [1.29, 1.82) is 0 Å². The number of nitrogens with one attached hydrogen (secondary N) is 3. The van der Waals surface area contributed by atoms with Crippen LogP contribution < -0.4 is 20.9 Å². The van der Waals surface area contributed by atoms with Gasteiger partial charge in [-0.2, -0.15) is 0 Å². The van der Waals surface area contributed by atoms with Gasteiger partial charge in [0.2, 0.25) is 0 Å². The van der Waals surface area contributed by atoms with Gasteiger partial charge in [0.1, 0.15) is 5.82 Å². The highest BCUT2D eigenvalue weighted by Gasteiger charge is 2.23. The van der Waals surface area contributed by atoms with Crippen molar-refractivity contribution in [2.45, 2.75) is 25.4 Å². The predicted molar refractivity (Wildman–Crippen MR) is 110 cm³/mol. The summed E-state index contributed by atoms with van der Waals surface area (Å²) in [6, 6.07) is 10.7. The SMILES string of the molecule is O=C(NCc1cccnc1N1CCOCC1)Nc1cccc(C(=O)NC2CC2)c1. The summed E-state index contributed by atoms with van der Waals surface area (Å²) >= 11 is 0. The van der Waals surface area contributed by atoms with Crippen molar-refractivity contribution in [1.82, 2.24) is 15.6 Å². The maximum Gasteiger partial charge on any atom is 0.319 e. The number of ether oxygens (including phenoxy) is 1. The number of anilines is 2. The molecule has 2 aromatic rings. The van der Waals surface area contributed by atoms with Crippen molar-refractivity contribution < 1.29 is 14.3 Å². The second-order valence-corrected chi connectivity index (χ2v) is 7.22. The third-order valence-electron chi connectivity index (χ3n) is 4.91. The van der Waals surface area contributed by atoms with Crippen LogP contribution >= 0.6 is 0 Å². The first-order chi connectivity index (χ1) is 14.2. The maximum atomic E-state index is 12.4. The van der Waals surface area contributed by atoms with Gasteiger partial charge in [-0.1, -0.05) is 12.1 Å². The minimum Gasteiger partial charge on any atom is -0.378 e. The lowest BCUT2D eigenvalue weighted by Gasteiger charge is -2.29. The lowest BCUT2D eigenvalue weighted by Crippen LogP contribution is -2.38. The summed E-state index contributed by atoms with van der Waals surface area (Å²) < 4.78 is 5.40. The molecule has 0 radical (unpaired) electrons. The lowest BCUT2D eigenvalue weighted by atomic mass is 10.2. The van der Waals surface area contributed by atoms with Crippen LogP contribution in [0.3, 0.4) is 0 Å². The summed E-state index contributed by atoms with van der Waals surface area (Å²) in [7, 11) is 0. The molecule has 0 unspecified atom stereocenters. The van der Waals surface area contributed by atoms with E-state index in [1.54, 1.807) is 30.5 Å². The van der Waals surface area contributed by atoms with Crippen LogP contribution in [0.2, 0.25) is 0 Å². The van der Waals surface area contributed by atoms with Crippen LogP contribution in [-0.2, 0) is 11.3 Å². The smallest absolute Gasteiger partial charge is 0.319 e. The fourth-order valence-corrected chi connectivity index (χ4v) is 3.21. The Balaban J connectivity index is 1.34. The van der Waals surface area contributed by atoms with Crippen LogP contribution in [0, 0.1) is 0 Å². The Kier molecular flexibility index (Phi) is 5.90. The molecular weight excluding hydrogens is 370 g/mol. The minimum absolute atomic E-state index is 0.109. The first-order valence-corrected chi connectivity index (χ1v) is 9.91. The third-order valence-corrected chi connectivity index (χ3v) is 4.91.